The zero-order chi connectivity index (χ0) is 8.69. The van der Waals surface area contributed by atoms with Crippen LogP contribution in [0.4, 0.5) is 4.79 Å². The van der Waals surface area contributed by atoms with Crippen LogP contribution in [-0.2, 0) is 0 Å². The smallest absolute Gasteiger partial charge is 0.312 e. The maximum atomic E-state index is 10.1. The Morgan fingerprint density at radius 2 is 2.18 bits per heavy atom. The van der Waals surface area contributed by atoms with Crippen molar-refractivity contribution in [3.8, 4) is 0 Å². The first-order valence-electron chi connectivity index (χ1n) is 3.49. The summed E-state index contributed by atoms with van der Waals surface area (Å²) < 4.78 is 0. The first-order chi connectivity index (χ1) is 5.16. The van der Waals surface area contributed by atoms with Crippen molar-refractivity contribution in [2.75, 3.05) is 13.1 Å². The molecule has 5 heteroatoms. The molecule has 5 nitrogen and oxygen atoms in total. The van der Waals surface area contributed by atoms with Gasteiger partial charge in [-0.15, -0.1) is 0 Å². The third kappa shape index (κ3) is 6.63. The second-order valence-electron chi connectivity index (χ2n) is 2.02. The van der Waals surface area contributed by atoms with Crippen LogP contribution >= 0.6 is 0 Å². The molecule has 0 saturated heterocycles. The van der Waals surface area contributed by atoms with Crippen molar-refractivity contribution in [2.24, 2.45) is 16.5 Å². The maximum Gasteiger partial charge on any atom is 0.312 e. The molecule has 0 spiro atoms. The molecule has 2 amide bonds. The van der Waals surface area contributed by atoms with Gasteiger partial charge in [0.1, 0.15) is 0 Å². The summed E-state index contributed by atoms with van der Waals surface area (Å²) in [6, 6.07) is -0.532. The minimum absolute atomic E-state index is 0.441. The normalized spacial score (nSPS) is 11.2. The zero-order valence-corrected chi connectivity index (χ0v) is 6.63. The summed E-state index contributed by atoms with van der Waals surface area (Å²) in [5.41, 5.74) is 10.2. The van der Waals surface area contributed by atoms with E-state index in [0.717, 1.165) is 6.42 Å². The van der Waals surface area contributed by atoms with E-state index in [1.807, 2.05) is 6.92 Å². The molecule has 0 unspecified atom stereocenters. The van der Waals surface area contributed by atoms with Gasteiger partial charge in [-0.2, -0.15) is 0 Å². The SMILES string of the molecule is CCC(N)=NCCNC(N)=O. The molecule has 0 bridgehead atoms. The first kappa shape index (κ1) is 9.74. The molecule has 0 aliphatic carbocycles. The highest BCUT2D eigenvalue weighted by Gasteiger charge is 1.89. The van der Waals surface area contributed by atoms with E-state index in [-0.39, 0.29) is 0 Å². The fourth-order valence-corrected chi connectivity index (χ4v) is 0.490. The number of carbonyl (C=O) groups excluding carboxylic acids is 1. The van der Waals surface area contributed by atoms with Crippen LogP contribution in [0.3, 0.4) is 0 Å². The predicted octanol–water partition coefficient (Wildman–Crippen LogP) is -0.578. The van der Waals surface area contributed by atoms with Crippen molar-refractivity contribution in [2.45, 2.75) is 13.3 Å². The lowest BCUT2D eigenvalue weighted by Gasteiger charge is -1.98. The summed E-state index contributed by atoms with van der Waals surface area (Å²) in [6.07, 6.45) is 0.733. The zero-order valence-electron chi connectivity index (χ0n) is 6.63. The number of carbonyl (C=O) groups is 1. The highest BCUT2D eigenvalue weighted by molar-refractivity contribution is 5.79. The van der Waals surface area contributed by atoms with E-state index in [4.69, 9.17) is 11.5 Å². The van der Waals surface area contributed by atoms with Crippen molar-refractivity contribution in [1.29, 1.82) is 0 Å². The average Bonchev–Trinajstić information content (AvgIpc) is 1.97. The van der Waals surface area contributed by atoms with Gasteiger partial charge in [0.25, 0.3) is 0 Å². The van der Waals surface area contributed by atoms with Crippen LogP contribution in [-0.4, -0.2) is 25.0 Å². The molecule has 0 aromatic carbocycles. The molecule has 0 aliphatic heterocycles. The minimum atomic E-state index is -0.532. The Morgan fingerprint density at radius 3 is 2.64 bits per heavy atom. The molecule has 0 radical (unpaired) electrons. The van der Waals surface area contributed by atoms with Crippen molar-refractivity contribution < 1.29 is 4.79 Å². The Kier molecular flexibility index (Phi) is 4.89. The summed E-state index contributed by atoms with van der Waals surface area (Å²) in [7, 11) is 0. The second kappa shape index (κ2) is 5.52. The lowest BCUT2D eigenvalue weighted by atomic mass is 10.4. The highest BCUT2D eigenvalue weighted by atomic mass is 16.2. The fourth-order valence-electron chi connectivity index (χ4n) is 0.490. The molecule has 0 aromatic rings. The van der Waals surface area contributed by atoms with Crippen LogP contribution in [0.5, 0.6) is 0 Å². The quantitative estimate of drug-likeness (QED) is 0.290. The Balaban J connectivity index is 3.33. The third-order valence-electron chi connectivity index (χ3n) is 1.09. The standard InChI is InChI=1S/C6H14N4O/c1-2-5(7)9-3-4-10-6(8)11/h2-4H2,1H3,(H2,7,9)(H3,8,10,11). The Morgan fingerprint density at radius 1 is 1.55 bits per heavy atom. The van der Waals surface area contributed by atoms with Crippen molar-refractivity contribution in [1.82, 2.24) is 5.32 Å². The van der Waals surface area contributed by atoms with E-state index in [0.29, 0.717) is 18.9 Å². The van der Waals surface area contributed by atoms with Gasteiger partial charge in [0.2, 0.25) is 0 Å². The number of nitrogens with one attached hydrogen (secondary N) is 1. The van der Waals surface area contributed by atoms with Gasteiger partial charge < -0.3 is 16.8 Å². The average molecular weight is 158 g/mol. The number of rotatable bonds is 4. The minimum Gasteiger partial charge on any atom is -0.387 e. The lowest BCUT2D eigenvalue weighted by molar-refractivity contribution is 0.249. The summed E-state index contributed by atoms with van der Waals surface area (Å²) >= 11 is 0. The number of aliphatic imine (C=N–C) groups is 1. The first-order valence-corrected chi connectivity index (χ1v) is 3.49. The molecule has 5 N–H and O–H groups in total. The van der Waals surface area contributed by atoms with Crippen LogP contribution < -0.4 is 16.8 Å². The number of nitrogens with two attached hydrogens (primary N) is 2. The van der Waals surface area contributed by atoms with Crippen LogP contribution in [0.2, 0.25) is 0 Å². The number of amides is 2. The van der Waals surface area contributed by atoms with E-state index < -0.39 is 6.03 Å². The van der Waals surface area contributed by atoms with E-state index >= 15 is 0 Å². The summed E-state index contributed by atoms with van der Waals surface area (Å²) in [5.74, 6) is 0.594. The van der Waals surface area contributed by atoms with E-state index in [2.05, 4.69) is 10.3 Å². The van der Waals surface area contributed by atoms with Gasteiger partial charge in [-0.25, -0.2) is 4.79 Å². The van der Waals surface area contributed by atoms with Crippen LogP contribution in [0, 0.1) is 0 Å². The number of urea groups is 1. The molecular formula is C6H14N4O. The number of primary amides is 1. The maximum absolute atomic E-state index is 10.1. The summed E-state index contributed by atoms with van der Waals surface area (Å²) in [6.45, 7) is 2.85. The Labute approximate surface area is 65.9 Å². The van der Waals surface area contributed by atoms with Gasteiger partial charge in [-0.1, -0.05) is 6.92 Å². The number of amidine groups is 1. The van der Waals surface area contributed by atoms with Crippen LogP contribution in [0.1, 0.15) is 13.3 Å². The van der Waals surface area contributed by atoms with Gasteiger partial charge in [0, 0.05) is 13.0 Å². The van der Waals surface area contributed by atoms with Gasteiger partial charge >= 0.3 is 6.03 Å². The monoisotopic (exact) mass is 158 g/mol. The lowest BCUT2D eigenvalue weighted by Crippen LogP contribution is -2.31. The molecule has 0 heterocycles. The summed E-state index contributed by atoms with van der Waals surface area (Å²) in [5, 5.41) is 2.40. The summed E-state index contributed by atoms with van der Waals surface area (Å²) in [4.78, 5) is 14.1. The molecular weight excluding hydrogens is 144 g/mol. The molecule has 11 heavy (non-hydrogen) atoms. The Bertz CT molecular complexity index is 155. The highest BCUT2D eigenvalue weighted by Crippen LogP contribution is 1.76. The topological polar surface area (TPSA) is 93.5 Å². The molecule has 0 saturated carbocycles. The molecule has 0 fully saturated rings. The molecule has 0 aliphatic rings. The third-order valence-corrected chi connectivity index (χ3v) is 1.09. The number of nitrogens with zero attached hydrogens (tertiary/aromatic N) is 1. The number of hydrogen-bond donors (Lipinski definition) is 3. The van der Waals surface area contributed by atoms with E-state index in [9.17, 15) is 4.79 Å². The molecule has 64 valence electrons. The van der Waals surface area contributed by atoms with Crippen molar-refractivity contribution >= 4 is 11.9 Å². The molecule has 0 aromatic heterocycles. The van der Waals surface area contributed by atoms with Crippen molar-refractivity contribution in [3.05, 3.63) is 0 Å². The van der Waals surface area contributed by atoms with Crippen molar-refractivity contribution in [3.63, 3.8) is 0 Å². The van der Waals surface area contributed by atoms with E-state index in [1.54, 1.807) is 0 Å². The second-order valence-corrected chi connectivity index (χ2v) is 2.02. The van der Waals surface area contributed by atoms with Gasteiger partial charge in [0.05, 0.1) is 12.4 Å². The molecule has 0 rings (SSSR count). The number of hydrogen-bond acceptors (Lipinski definition) is 2. The van der Waals surface area contributed by atoms with Crippen LogP contribution in [0.15, 0.2) is 4.99 Å². The van der Waals surface area contributed by atoms with Gasteiger partial charge in [-0.05, 0) is 0 Å². The van der Waals surface area contributed by atoms with Gasteiger partial charge in [-0.3, -0.25) is 4.99 Å². The fraction of sp³-hybridized carbons (Fsp3) is 0.667. The molecule has 0 atom stereocenters. The van der Waals surface area contributed by atoms with E-state index in [1.165, 1.54) is 0 Å². The van der Waals surface area contributed by atoms with Gasteiger partial charge in [0.15, 0.2) is 0 Å². The largest absolute Gasteiger partial charge is 0.387 e. The Hall–Kier alpha value is -1.26. The predicted molar refractivity (Wildman–Crippen MR) is 44.4 cm³/mol. The van der Waals surface area contributed by atoms with Crippen LogP contribution in [0.25, 0.3) is 0 Å².